The third kappa shape index (κ3) is 3.37. The lowest BCUT2D eigenvalue weighted by Gasteiger charge is -2.04. The largest absolute Gasteiger partial charge is 0.462 e. The summed E-state index contributed by atoms with van der Waals surface area (Å²) in [4.78, 5) is 20.4. The zero-order valence-corrected chi connectivity index (χ0v) is 15.8. The Morgan fingerprint density at radius 2 is 1.88 bits per heavy atom. The Hall–Kier alpha value is -2.40. The molecule has 1 N–H and O–H groups in total. The van der Waals surface area contributed by atoms with Crippen LogP contribution in [-0.2, 0) is 11.2 Å². The van der Waals surface area contributed by atoms with Crippen molar-refractivity contribution < 1.29 is 9.53 Å². The average molecular weight is 354 g/mol. The van der Waals surface area contributed by atoms with Crippen molar-refractivity contribution in [3.63, 3.8) is 0 Å². The van der Waals surface area contributed by atoms with E-state index >= 15 is 0 Å². The Morgan fingerprint density at radius 1 is 1.16 bits per heavy atom. The van der Waals surface area contributed by atoms with Crippen molar-refractivity contribution in [1.82, 2.24) is 9.97 Å². The number of carbonyl (C=O) groups excluding carboxylic acids is 1. The van der Waals surface area contributed by atoms with Crippen molar-refractivity contribution in [2.75, 3.05) is 6.61 Å². The average Bonchev–Trinajstić information content (AvgIpc) is 3.19. The lowest BCUT2D eigenvalue weighted by atomic mass is 10.1. The second-order valence-electron chi connectivity index (χ2n) is 5.93. The number of aryl methyl sites for hydroxylation is 3. The molecule has 0 aliphatic carbocycles. The molecule has 1 aromatic carbocycles. The molecule has 0 amide bonds. The maximum Gasteiger partial charge on any atom is 0.340 e. The molecular formula is C20H22N2O2S. The summed E-state index contributed by atoms with van der Waals surface area (Å²) < 4.78 is 5.22. The van der Waals surface area contributed by atoms with Gasteiger partial charge in [-0.1, -0.05) is 31.2 Å². The van der Waals surface area contributed by atoms with E-state index in [2.05, 4.69) is 36.2 Å². The van der Waals surface area contributed by atoms with Gasteiger partial charge in [-0.15, -0.1) is 11.3 Å². The number of H-pyrrole nitrogens is 1. The molecule has 3 rings (SSSR count). The van der Waals surface area contributed by atoms with E-state index in [0.717, 1.165) is 39.6 Å². The highest BCUT2D eigenvalue weighted by Gasteiger charge is 2.23. The summed E-state index contributed by atoms with van der Waals surface area (Å²) >= 11 is 1.59. The van der Waals surface area contributed by atoms with Gasteiger partial charge in [0.05, 0.1) is 17.9 Å². The summed E-state index contributed by atoms with van der Waals surface area (Å²) in [5, 5.41) is 2.95. The lowest BCUT2D eigenvalue weighted by molar-refractivity contribution is 0.0526. The third-order valence-corrected chi connectivity index (χ3v) is 5.12. The van der Waals surface area contributed by atoms with Crippen molar-refractivity contribution in [1.29, 1.82) is 0 Å². The molecule has 2 aromatic heterocycles. The number of thiazole rings is 1. The number of carbonyl (C=O) groups is 1. The predicted octanol–water partition coefficient (Wildman–Crippen LogP) is 5.16. The molecule has 2 heterocycles. The zero-order valence-electron chi connectivity index (χ0n) is 15.0. The van der Waals surface area contributed by atoms with Gasteiger partial charge >= 0.3 is 5.97 Å². The lowest BCUT2D eigenvalue weighted by Crippen LogP contribution is -2.06. The minimum atomic E-state index is -0.304. The Balaban J connectivity index is 2.01. The minimum Gasteiger partial charge on any atom is -0.462 e. The summed E-state index contributed by atoms with van der Waals surface area (Å²) in [6.07, 6.45) is 1.02. The first-order valence-electron chi connectivity index (χ1n) is 8.46. The molecule has 0 saturated heterocycles. The van der Waals surface area contributed by atoms with Crippen LogP contribution in [0.4, 0.5) is 0 Å². The highest BCUT2D eigenvalue weighted by molar-refractivity contribution is 7.13. The van der Waals surface area contributed by atoms with Gasteiger partial charge < -0.3 is 9.72 Å². The van der Waals surface area contributed by atoms with E-state index in [1.165, 1.54) is 5.56 Å². The molecule has 0 unspecified atom stereocenters. The summed E-state index contributed by atoms with van der Waals surface area (Å²) in [6, 6.07) is 8.46. The van der Waals surface area contributed by atoms with E-state index in [1.54, 1.807) is 11.3 Å². The monoisotopic (exact) mass is 354 g/mol. The van der Waals surface area contributed by atoms with Crippen LogP contribution in [0.2, 0.25) is 0 Å². The van der Waals surface area contributed by atoms with Crippen molar-refractivity contribution in [2.24, 2.45) is 0 Å². The first-order chi connectivity index (χ1) is 12.0. The van der Waals surface area contributed by atoms with Gasteiger partial charge in [0.25, 0.3) is 0 Å². The van der Waals surface area contributed by atoms with Crippen LogP contribution >= 0.6 is 11.3 Å². The van der Waals surface area contributed by atoms with Gasteiger partial charge in [-0.3, -0.25) is 0 Å². The van der Waals surface area contributed by atoms with Crippen LogP contribution in [-0.4, -0.2) is 22.5 Å². The molecule has 5 heteroatoms. The van der Waals surface area contributed by atoms with Crippen LogP contribution in [0, 0.1) is 13.8 Å². The molecule has 0 fully saturated rings. The maximum atomic E-state index is 12.4. The second-order valence-corrected chi connectivity index (χ2v) is 6.79. The fraction of sp³-hybridized carbons (Fsp3) is 0.300. The molecule has 25 heavy (non-hydrogen) atoms. The van der Waals surface area contributed by atoms with Gasteiger partial charge in [0.15, 0.2) is 0 Å². The van der Waals surface area contributed by atoms with Gasteiger partial charge in [-0.05, 0) is 32.8 Å². The summed E-state index contributed by atoms with van der Waals surface area (Å²) in [5.41, 5.74) is 6.37. The number of ether oxygens (including phenoxy) is 1. The number of aromatic amines is 1. The number of nitrogens with one attached hydrogen (secondary N) is 1. The topological polar surface area (TPSA) is 55.0 Å². The van der Waals surface area contributed by atoms with Crippen LogP contribution < -0.4 is 0 Å². The normalized spacial score (nSPS) is 10.9. The molecule has 0 saturated carbocycles. The molecular weight excluding hydrogens is 332 g/mol. The molecule has 0 atom stereocenters. The van der Waals surface area contributed by atoms with Gasteiger partial charge in [0.1, 0.15) is 5.01 Å². The first kappa shape index (κ1) is 17.4. The third-order valence-electron chi connectivity index (χ3n) is 4.22. The van der Waals surface area contributed by atoms with Gasteiger partial charge in [-0.2, -0.15) is 0 Å². The standard InChI is InChI=1S/C20H22N2O2S/c1-5-14-7-9-15(10-8-14)19-22-16(11-25-19)17-12(3)21-13(4)18(17)20(23)24-6-2/h7-11,21H,5-6H2,1-4H3. The van der Waals surface area contributed by atoms with Crippen LogP contribution in [0.3, 0.4) is 0 Å². The number of hydrogen-bond donors (Lipinski definition) is 1. The van der Waals surface area contributed by atoms with Crippen molar-refractivity contribution >= 4 is 17.3 Å². The Bertz CT molecular complexity index is 891. The molecule has 3 aromatic rings. The fourth-order valence-electron chi connectivity index (χ4n) is 2.96. The van der Waals surface area contributed by atoms with Crippen molar-refractivity contribution in [2.45, 2.75) is 34.1 Å². The van der Waals surface area contributed by atoms with Crippen LogP contribution in [0.15, 0.2) is 29.6 Å². The van der Waals surface area contributed by atoms with Crippen LogP contribution in [0.1, 0.15) is 41.2 Å². The minimum absolute atomic E-state index is 0.304. The van der Waals surface area contributed by atoms with Gasteiger partial charge in [-0.25, -0.2) is 9.78 Å². The second kappa shape index (κ2) is 7.23. The van der Waals surface area contributed by atoms with Crippen LogP contribution in [0.25, 0.3) is 21.8 Å². The van der Waals surface area contributed by atoms with Gasteiger partial charge in [0.2, 0.25) is 0 Å². The van der Waals surface area contributed by atoms with Crippen LogP contribution in [0.5, 0.6) is 0 Å². The fourth-order valence-corrected chi connectivity index (χ4v) is 3.78. The number of aromatic nitrogens is 2. The Morgan fingerprint density at radius 3 is 2.52 bits per heavy atom. The summed E-state index contributed by atoms with van der Waals surface area (Å²) in [5.74, 6) is -0.304. The van der Waals surface area contributed by atoms with Crippen molar-refractivity contribution in [3.8, 4) is 21.8 Å². The smallest absolute Gasteiger partial charge is 0.340 e. The number of esters is 1. The van der Waals surface area contributed by atoms with E-state index in [-0.39, 0.29) is 5.97 Å². The number of rotatable bonds is 5. The SMILES string of the molecule is CCOC(=O)c1c(C)[nH]c(C)c1-c1csc(-c2ccc(CC)cc2)n1. The van der Waals surface area contributed by atoms with E-state index in [9.17, 15) is 4.79 Å². The molecule has 0 radical (unpaired) electrons. The van der Waals surface area contributed by atoms with Crippen molar-refractivity contribution in [3.05, 3.63) is 52.2 Å². The zero-order chi connectivity index (χ0) is 18.0. The van der Waals surface area contributed by atoms with E-state index in [1.807, 2.05) is 26.2 Å². The van der Waals surface area contributed by atoms with E-state index in [4.69, 9.17) is 9.72 Å². The first-order valence-corrected chi connectivity index (χ1v) is 9.34. The molecule has 0 bridgehead atoms. The molecule has 130 valence electrons. The van der Waals surface area contributed by atoms with Gasteiger partial charge in [0, 0.05) is 27.9 Å². The molecule has 0 aliphatic rings. The highest BCUT2D eigenvalue weighted by Crippen LogP contribution is 2.34. The number of hydrogen-bond acceptors (Lipinski definition) is 4. The molecule has 0 aliphatic heterocycles. The predicted molar refractivity (Wildman–Crippen MR) is 102 cm³/mol. The Labute approximate surface area is 151 Å². The molecule has 0 spiro atoms. The number of nitrogens with zero attached hydrogens (tertiary/aromatic N) is 1. The van der Waals surface area contributed by atoms with E-state index < -0.39 is 0 Å². The van der Waals surface area contributed by atoms with E-state index in [0.29, 0.717) is 12.2 Å². The summed E-state index contributed by atoms with van der Waals surface area (Å²) in [6.45, 7) is 8.16. The number of benzene rings is 1. The Kier molecular flexibility index (Phi) is 5.04. The maximum absolute atomic E-state index is 12.4. The quantitative estimate of drug-likeness (QED) is 0.644. The summed E-state index contributed by atoms with van der Waals surface area (Å²) in [7, 11) is 0. The molecule has 4 nitrogen and oxygen atoms in total. The highest BCUT2D eigenvalue weighted by atomic mass is 32.1.